The molecule has 1 aliphatic heterocycles. The number of fused-ring (bicyclic) bond motifs is 1. The first kappa shape index (κ1) is 17.2. The number of rotatable bonds is 4. The fraction of sp³-hybridized carbons (Fsp3) is 0.118. The Bertz CT molecular complexity index is 958. The molecule has 1 aromatic heterocycles. The lowest BCUT2D eigenvalue weighted by molar-refractivity contribution is -0.0498. The highest BCUT2D eigenvalue weighted by molar-refractivity contribution is 9.10. The molecule has 0 aliphatic carbocycles. The second kappa shape index (κ2) is 7.16. The number of thioether (sulfide) groups is 1. The quantitative estimate of drug-likeness (QED) is 0.596. The molecule has 3 aromatic rings. The van der Waals surface area contributed by atoms with Crippen LogP contribution < -0.4 is 4.74 Å². The largest absolute Gasteiger partial charge is 0.435 e. The first-order chi connectivity index (χ1) is 12.6. The molecule has 0 atom stereocenters. The summed E-state index contributed by atoms with van der Waals surface area (Å²) in [5, 5.41) is 13.8. The van der Waals surface area contributed by atoms with E-state index in [9.17, 15) is 8.78 Å². The van der Waals surface area contributed by atoms with Gasteiger partial charge < -0.3 is 4.74 Å². The van der Waals surface area contributed by atoms with Gasteiger partial charge in [-0.3, -0.25) is 0 Å². The minimum atomic E-state index is -2.84. The van der Waals surface area contributed by atoms with Crippen molar-refractivity contribution < 1.29 is 13.5 Å². The van der Waals surface area contributed by atoms with E-state index in [2.05, 4.69) is 36.0 Å². The van der Waals surface area contributed by atoms with E-state index in [0.717, 1.165) is 21.3 Å². The summed E-state index contributed by atoms with van der Waals surface area (Å²) < 4.78 is 31.6. The van der Waals surface area contributed by atoms with Crippen molar-refractivity contribution in [2.75, 3.05) is 5.75 Å². The van der Waals surface area contributed by atoms with Crippen LogP contribution in [0.3, 0.4) is 0 Å². The van der Waals surface area contributed by atoms with Crippen LogP contribution >= 0.6 is 27.7 Å². The Labute approximate surface area is 160 Å². The van der Waals surface area contributed by atoms with Gasteiger partial charge in [0, 0.05) is 15.8 Å². The summed E-state index contributed by atoms with van der Waals surface area (Å²) in [4.78, 5) is 0. The molecular weight excluding hydrogens is 426 g/mol. The Morgan fingerprint density at radius 2 is 1.69 bits per heavy atom. The molecule has 0 radical (unpaired) electrons. The van der Waals surface area contributed by atoms with Crippen molar-refractivity contribution in [1.29, 1.82) is 0 Å². The maximum Gasteiger partial charge on any atom is 0.387 e. The van der Waals surface area contributed by atoms with Crippen LogP contribution in [0.1, 0.15) is 5.56 Å². The van der Waals surface area contributed by atoms with E-state index < -0.39 is 6.61 Å². The Hall–Kier alpha value is -2.26. The molecule has 0 fully saturated rings. The van der Waals surface area contributed by atoms with E-state index in [1.54, 1.807) is 16.8 Å². The Balaban J connectivity index is 1.66. The van der Waals surface area contributed by atoms with Crippen LogP contribution in [0.4, 0.5) is 8.78 Å². The molecule has 0 saturated heterocycles. The fourth-order valence-electron chi connectivity index (χ4n) is 2.48. The minimum Gasteiger partial charge on any atom is -0.435 e. The number of benzene rings is 2. The molecule has 0 amide bonds. The second-order valence-corrected chi connectivity index (χ2v) is 7.22. The summed E-state index contributed by atoms with van der Waals surface area (Å²) in [5.41, 5.74) is 2.54. The van der Waals surface area contributed by atoms with Gasteiger partial charge in [-0.05, 0) is 42.0 Å². The third-order valence-electron chi connectivity index (χ3n) is 3.69. The maximum absolute atomic E-state index is 12.3. The van der Waals surface area contributed by atoms with Crippen molar-refractivity contribution in [3.63, 3.8) is 0 Å². The van der Waals surface area contributed by atoms with Crippen LogP contribution in [-0.2, 0) is 0 Å². The molecule has 0 saturated carbocycles. The van der Waals surface area contributed by atoms with E-state index >= 15 is 0 Å². The van der Waals surface area contributed by atoms with Crippen molar-refractivity contribution >= 4 is 33.4 Å². The summed E-state index contributed by atoms with van der Waals surface area (Å²) in [5.74, 6) is 1.39. The molecule has 2 heterocycles. The van der Waals surface area contributed by atoms with E-state index in [1.807, 2.05) is 24.3 Å². The SMILES string of the molecule is FC(F)Oc1ccc(C2=Nn3c(nnc3-c3ccc(Br)cc3)SC2)cc1. The molecule has 9 heteroatoms. The van der Waals surface area contributed by atoms with Crippen LogP contribution in [0.5, 0.6) is 5.75 Å². The Kier molecular flexibility index (Phi) is 4.73. The van der Waals surface area contributed by atoms with Gasteiger partial charge in [0.1, 0.15) is 5.75 Å². The van der Waals surface area contributed by atoms with E-state index in [-0.39, 0.29) is 5.75 Å². The molecule has 0 N–H and O–H groups in total. The number of halogens is 3. The van der Waals surface area contributed by atoms with Crippen LogP contribution in [0.15, 0.2) is 63.3 Å². The average molecular weight is 437 g/mol. The van der Waals surface area contributed by atoms with Gasteiger partial charge in [0.25, 0.3) is 0 Å². The monoisotopic (exact) mass is 436 g/mol. The number of alkyl halides is 2. The lowest BCUT2D eigenvalue weighted by Gasteiger charge is -2.14. The third-order valence-corrected chi connectivity index (χ3v) is 5.15. The molecule has 26 heavy (non-hydrogen) atoms. The zero-order valence-corrected chi connectivity index (χ0v) is 15.5. The van der Waals surface area contributed by atoms with Crippen molar-refractivity contribution in [3.05, 3.63) is 58.6 Å². The zero-order valence-electron chi connectivity index (χ0n) is 13.1. The van der Waals surface area contributed by atoms with Crippen molar-refractivity contribution in [3.8, 4) is 17.1 Å². The number of ether oxygens (including phenoxy) is 1. The van der Waals surface area contributed by atoms with Crippen LogP contribution in [0.25, 0.3) is 11.4 Å². The lowest BCUT2D eigenvalue weighted by Crippen LogP contribution is -2.13. The van der Waals surface area contributed by atoms with Gasteiger partial charge in [-0.25, -0.2) is 0 Å². The number of aromatic nitrogens is 3. The highest BCUT2D eigenvalue weighted by Crippen LogP contribution is 2.29. The van der Waals surface area contributed by atoms with Crippen LogP contribution in [-0.4, -0.2) is 32.9 Å². The smallest absolute Gasteiger partial charge is 0.387 e. The fourth-order valence-corrected chi connectivity index (χ4v) is 3.58. The molecule has 2 aromatic carbocycles. The predicted octanol–water partition coefficient (Wildman–Crippen LogP) is 4.67. The third kappa shape index (κ3) is 3.49. The average Bonchev–Trinajstić information content (AvgIpc) is 3.06. The molecular formula is C17H11BrF2N4OS. The summed E-state index contributed by atoms with van der Waals surface area (Å²) in [7, 11) is 0. The van der Waals surface area contributed by atoms with Gasteiger partial charge in [0.15, 0.2) is 5.82 Å². The second-order valence-electron chi connectivity index (χ2n) is 5.36. The summed E-state index contributed by atoms with van der Waals surface area (Å²) in [6.45, 7) is -2.84. The van der Waals surface area contributed by atoms with Crippen molar-refractivity contribution in [2.24, 2.45) is 5.10 Å². The van der Waals surface area contributed by atoms with Crippen LogP contribution in [0.2, 0.25) is 0 Å². The van der Waals surface area contributed by atoms with Crippen molar-refractivity contribution in [2.45, 2.75) is 11.8 Å². The van der Waals surface area contributed by atoms with Gasteiger partial charge in [0.05, 0.1) is 5.71 Å². The van der Waals surface area contributed by atoms with Gasteiger partial charge in [0.2, 0.25) is 5.16 Å². The number of hydrogen-bond donors (Lipinski definition) is 0. The molecule has 5 nitrogen and oxygen atoms in total. The van der Waals surface area contributed by atoms with Gasteiger partial charge in [-0.1, -0.05) is 39.8 Å². The van der Waals surface area contributed by atoms with E-state index in [4.69, 9.17) is 0 Å². The molecule has 0 unspecified atom stereocenters. The van der Waals surface area contributed by atoms with Gasteiger partial charge in [-0.2, -0.15) is 18.6 Å². The summed E-state index contributed by atoms with van der Waals surface area (Å²) in [6.07, 6.45) is 0. The Morgan fingerprint density at radius 1 is 1.00 bits per heavy atom. The van der Waals surface area contributed by atoms with Crippen molar-refractivity contribution in [1.82, 2.24) is 14.9 Å². The zero-order chi connectivity index (χ0) is 18.1. The molecule has 132 valence electrons. The topological polar surface area (TPSA) is 52.3 Å². The molecule has 4 rings (SSSR count). The summed E-state index contributed by atoms with van der Waals surface area (Å²) >= 11 is 4.94. The standard InChI is InChI=1S/C17H11BrF2N4OS/c18-12-5-1-11(2-6-12)15-21-22-17-24(15)23-14(9-26-17)10-3-7-13(8-4-10)25-16(19)20/h1-8,16H,9H2. The number of hydrogen-bond acceptors (Lipinski definition) is 5. The van der Waals surface area contributed by atoms with E-state index in [0.29, 0.717) is 16.7 Å². The Morgan fingerprint density at radius 3 is 2.38 bits per heavy atom. The van der Waals surface area contributed by atoms with Gasteiger partial charge >= 0.3 is 6.61 Å². The normalized spacial score (nSPS) is 13.5. The molecule has 0 bridgehead atoms. The van der Waals surface area contributed by atoms with E-state index in [1.165, 1.54) is 23.9 Å². The number of nitrogens with zero attached hydrogens (tertiary/aromatic N) is 4. The predicted molar refractivity (Wildman–Crippen MR) is 98.9 cm³/mol. The van der Waals surface area contributed by atoms with Crippen LogP contribution in [0, 0.1) is 0 Å². The summed E-state index contributed by atoms with van der Waals surface area (Å²) in [6, 6.07) is 14.2. The molecule has 0 spiro atoms. The highest BCUT2D eigenvalue weighted by Gasteiger charge is 2.20. The highest BCUT2D eigenvalue weighted by atomic mass is 79.9. The van der Waals surface area contributed by atoms with Gasteiger partial charge in [-0.15, -0.1) is 10.2 Å². The maximum atomic E-state index is 12.3. The molecule has 1 aliphatic rings. The lowest BCUT2D eigenvalue weighted by atomic mass is 10.1. The minimum absolute atomic E-state index is 0.119. The first-order valence-electron chi connectivity index (χ1n) is 7.57. The first-order valence-corrected chi connectivity index (χ1v) is 9.35.